The Labute approximate surface area is 171 Å². The van der Waals surface area contributed by atoms with Gasteiger partial charge in [0.1, 0.15) is 5.75 Å². The van der Waals surface area contributed by atoms with E-state index in [1.165, 1.54) is 5.56 Å². The highest BCUT2D eigenvalue weighted by atomic mass is 16.5. The second-order valence-corrected chi connectivity index (χ2v) is 6.63. The van der Waals surface area contributed by atoms with Gasteiger partial charge in [0.25, 0.3) is 5.91 Å². The molecule has 1 aromatic heterocycles. The second kappa shape index (κ2) is 10.2. The summed E-state index contributed by atoms with van der Waals surface area (Å²) < 4.78 is 5.24. The maximum absolute atomic E-state index is 12.8. The summed E-state index contributed by atoms with van der Waals surface area (Å²) in [6, 6.07) is 17.9. The lowest BCUT2D eigenvalue weighted by molar-refractivity contribution is 0.0751. The molecule has 150 valence electrons. The number of carbonyl (C=O) groups excluding carboxylic acids is 1. The van der Waals surface area contributed by atoms with Crippen LogP contribution in [0.1, 0.15) is 28.4 Å². The standard InChI is InChI=1S/C23H26N4O2/c1-3-27(17-19-8-5-4-6-9-19)22(28)20-15-25-23(26-16-20)24-13-12-18-10-7-11-21(14-18)29-2/h4-11,14-16H,3,12-13,17H2,1-2H3,(H,24,25,26). The fraction of sp³-hybridized carbons (Fsp3) is 0.261. The third-order valence-corrected chi connectivity index (χ3v) is 4.61. The minimum atomic E-state index is -0.0701. The molecular weight excluding hydrogens is 364 g/mol. The Balaban J connectivity index is 1.55. The summed E-state index contributed by atoms with van der Waals surface area (Å²) in [5, 5.41) is 3.19. The van der Waals surface area contributed by atoms with Crippen LogP contribution in [-0.4, -0.2) is 41.0 Å². The summed E-state index contributed by atoms with van der Waals surface area (Å²) in [5.74, 6) is 1.28. The van der Waals surface area contributed by atoms with Crippen molar-refractivity contribution in [2.24, 2.45) is 0 Å². The third kappa shape index (κ3) is 5.78. The number of hydrogen-bond donors (Lipinski definition) is 1. The molecule has 29 heavy (non-hydrogen) atoms. The normalized spacial score (nSPS) is 10.4. The van der Waals surface area contributed by atoms with E-state index in [9.17, 15) is 4.79 Å². The first-order valence-electron chi connectivity index (χ1n) is 9.71. The Kier molecular flexibility index (Phi) is 7.16. The van der Waals surface area contributed by atoms with E-state index in [2.05, 4.69) is 21.4 Å². The van der Waals surface area contributed by atoms with Crippen LogP contribution in [-0.2, 0) is 13.0 Å². The first-order chi connectivity index (χ1) is 14.2. The van der Waals surface area contributed by atoms with Crippen LogP contribution in [0.3, 0.4) is 0 Å². The Morgan fingerprint density at radius 3 is 2.45 bits per heavy atom. The predicted octanol–water partition coefficient (Wildman–Crippen LogP) is 3.80. The summed E-state index contributed by atoms with van der Waals surface area (Å²) in [7, 11) is 1.66. The molecule has 0 aliphatic carbocycles. The molecule has 0 bridgehead atoms. The lowest BCUT2D eigenvalue weighted by Crippen LogP contribution is -2.30. The maximum atomic E-state index is 12.8. The zero-order valence-corrected chi connectivity index (χ0v) is 16.8. The Hall–Kier alpha value is -3.41. The summed E-state index contributed by atoms with van der Waals surface area (Å²) >= 11 is 0. The lowest BCUT2D eigenvalue weighted by Gasteiger charge is -2.20. The number of amides is 1. The molecule has 1 N–H and O–H groups in total. The number of methoxy groups -OCH3 is 1. The molecular formula is C23H26N4O2. The molecule has 0 saturated heterocycles. The number of nitrogens with one attached hydrogen (secondary N) is 1. The molecule has 0 atom stereocenters. The van der Waals surface area contributed by atoms with E-state index in [-0.39, 0.29) is 5.91 Å². The van der Waals surface area contributed by atoms with Crippen LogP contribution in [0.5, 0.6) is 5.75 Å². The van der Waals surface area contributed by atoms with Crippen LogP contribution in [0.25, 0.3) is 0 Å². The zero-order valence-electron chi connectivity index (χ0n) is 16.8. The highest BCUT2D eigenvalue weighted by molar-refractivity contribution is 5.93. The minimum Gasteiger partial charge on any atom is -0.497 e. The zero-order chi connectivity index (χ0) is 20.5. The van der Waals surface area contributed by atoms with Crippen molar-refractivity contribution in [3.8, 4) is 5.75 Å². The van der Waals surface area contributed by atoms with E-state index in [0.717, 1.165) is 17.7 Å². The van der Waals surface area contributed by atoms with Crippen molar-refractivity contribution in [2.75, 3.05) is 25.5 Å². The first kappa shape index (κ1) is 20.3. The smallest absolute Gasteiger partial charge is 0.257 e. The molecule has 6 nitrogen and oxygen atoms in total. The molecule has 0 aliphatic rings. The average molecular weight is 390 g/mol. The van der Waals surface area contributed by atoms with Crippen molar-refractivity contribution in [3.63, 3.8) is 0 Å². The largest absolute Gasteiger partial charge is 0.497 e. The molecule has 0 saturated carbocycles. The van der Waals surface area contributed by atoms with Gasteiger partial charge in [0.05, 0.1) is 12.7 Å². The van der Waals surface area contributed by atoms with Crippen LogP contribution >= 0.6 is 0 Å². The van der Waals surface area contributed by atoms with Crippen LogP contribution in [0.15, 0.2) is 67.0 Å². The maximum Gasteiger partial charge on any atom is 0.257 e. The minimum absolute atomic E-state index is 0.0701. The van der Waals surface area contributed by atoms with Gasteiger partial charge in [0.2, 0.25) is 5.95 Å². The molecule has 0 fully saturated rings. The lowest BCUT2D eigenvalue weighted by atomic mass is 10.1. The number of benzene rings is 2. The fourth-order valence-corrected chi connectivity index (χ4v) is 2.99. The highest BCUT2D eigenvalue weighted by Gasteiger charge is 2.15. The highest BCUT2D eigenvalue weighted by Crippen LogP contribution is 2.13. The molecule has 0 aliphatic heterocycles. The average Bonchev–Trinajstić information content (AvgIpc) is 2.78. The topological polar surface area (TPSA) is 67.4 Å². The van der Waals surface area contributed by atoms with E-state index >= 15 is 0 Å². The number of aromatic nitrogens is 2. The molecule has 6 heteroatoms. The van der Waals surface area contributed by atoms with Crippen LogP contribution in [0, 0.1) is 0 Å². The molecule has 1 amide bonds. The van der Waals surface area contributed by atoms with E-state index in [0.29, 0.717) is 31.1 Å². The Bertz CT molecular complexity index is 914. The monoisotopic (exact) mass is 390 g/mol. The van der Waals surface area contributed by atoms with Crippen LogP contribution in [0.2, 0.25) is 0 Å². The van der Waals surface area contributed by atoms with E-state index in [1.807, 2.05) is 55.5 Å². The van der Waals surface area contributed by atoms with Gasteiger partial charge in [-0.3, -0.25) is 4.79 Å². The van der Waals surface area contributed by atoms with Gasteiger partial charge < -0.3 is 15.0 Å². The van der Waals surface area contributed by atoms with E-state index in [1.54, 1.807) is 24.4 Å². The number of hydrogen-bond acceptors (Lipinski definition) is 5. The van der Waals surface area contributed by atoms with Crippen molar-refractivity contribution >= 4 is 11.9 Å². The summed E-state index contributed by atoms with van der Waals surface area (Å²) in [5.41, 5.74) is 2.75. The van der Waals surface area contributed by atoms with E-state index in [4.69, 9.17) is 4.74 Å². The molecule has 0 radical (unpaired) electrons. The van der Waals surface area contributed by atoms with E-state index < -0.39 is 0 Å². The van der Waals surface area contributed by atoms with Gasteiger partial charge in [-0.15, -0.1) is 0 Å². The number of rotatable bonds is 9. The van der Waals surface area contributed by atoms with Crippen molar-refractivity contribution in [1.29, 1.82) is 0 Å². The third-order valence-electron chi connectivity index (χ3n) is 4.61. The number of carbonyl (C=O) groups is 1. The van der Waals surface area contributed by atoms with Crippen LogP contribution < -0.4 is 10.1 Å². The quantitative estimate of drug-likeness (QED) is 0.602. The van der Waals surface area contributed by atoms with Gasteiger partial charge in [-0.25, -0.2) is 9.97 Å². The number of nitrogens with zero attached hydrogens (tertiary/aromatic N) is 3. The van der Waals surface area contributed by atoms with Gasteiger partial charge >= 0.3 is 0 Å². The molecule has 3 rings (SSSR count). The van der Waals surface area contributed by atoms with Crippen molar-refractivity contribution in [2.45, 2.75) is 19.9 Å². The summed E-state index contributed by atoms with van der Waals surface area (Å²) in [6.45, 7) is 3.84. The summed E-state index contributed by atoms with van der Waals surface area (Å²) in [6.07, 6.45) is 3.98. The van der Waals surface area contributed by atoms with Crippen molar-refractivity contribution < 1.29 is 9.53 Å². The predicted molar refractivity (Wildman–Crippen MR) is 114 cm³/mol. The van der Waals surface area contributed by atoms with Gasteiger partial charge in [0.15, 0.2) is 0 Å². The fourth-order valence-electron chi connectivity index (χ4n) is 2.99. The van der Waals surface area contributed by atoms with Gasteiger partial charge in [-0.2, -0.15) is 0 Å². The molecule has 0 unspecified atom stereocenters. The SMILES string of the molecule is CCN(Cc1ccccc1)C(=O)c1cnc(NCCc2cccc(OC)c2)nc1. The molecule has 1 heterocycles. The van der Waals surface area contributed by atoms with Gasteiger partial charge in [-0.1, -0.05) is 42.5 Å². The van der Waals surface area contributed by atoms with Crippen molar-refractivity contribution in [1.82, 2.24) is 14.9 Å². The van der Waals surface area contributed by atoms with Gasteiger partial charge in [0, 0.05) is 32.0 Å². The van der Waals surface area contributed by atoms with Gasteiger partial charge in [-0.05, 0) is 36.6 Å². The number of anilines is 1. The Morgan fingerprint density at radius 1 is 1.03 bits per heavy atom. The van der Waals surface area contributed by atoms with Crippen molar-refractivity contribution in [3.05, 3.63) is 83.7 Å². The molecule has 3 aromatic rings. The molecule has 0 spiro atoms. The molecule has 2 aromatic carbocycles. The number of ether oxygens (including phenoxy) is 1. The summed E-state index contributed by atoms with van der Waals surface area (Å²) in [4.78, 5) is 23.1. The van der Waals surface area contributed by atoms with Crippen LogP contribution in [0.4, 0.5) is 5.95 Å². The second-order valence-electron chi connectivity index (χ2n) is 6.63. The first-order valence-corrected chi connectivity index (χ1v) is 9.71. The Morgan fingerprint density at radius 2 is 1.76 bits per heavy atom.